The summed E-state index contributed by atoms with van der Waals surface area (Å²) < 4.78 is 15.9. The Bertz CT molecular complexity index is 684. The Morgan fingerprint density at radius 1 is 0.913 bits per heavy atom. The second-order valence-electron chi connectivity index (χ2n) is 4.98. The normalized spacial score (nSPS) is 11.5. The van der Waals surface area contributed by atoms with Crippen molar-refractivity contribution in [2.45, 2.75) is 13.0 Å². The van der Waals surface area contributed by atoms with Crippen LogP contribution in [0.3, 0.4) is 0 Å². The molecule has 0 saturated heterocycles. The molecule has 2 aromatic rings. The number of hydrogen-bond acceptors (Lipinski definition) is 4. The molecule has 0 saturated carbocycles. The Morgan fingerprint density at radius 2 is 1.57 bits per heavy atom. The van der Waals surface area contributed by atoms with Gasteiger partial charge >= 0.3 is 0 Å². The van der Waals surface area contributed by atoms with Gasteiger partial charge in [0.2, 0.25) is 0 Å². The van der Waals surface area contributed by atoms with E-state index in [2.05, 4.69) is 5.32 Å². The third kappa shape index (κ3) is 3.56. The monoisotopic (exact) mass is 315 g/mol. The van der Waals surface area contributed by atoms with E-state index < -0.39 is 0 Å². The molecule has 23 heavy (non-hydrogen) atoms. The first-order valence-electron chi connectivity index (χ1n) is 7.27. The fourth-order valence-electron chi connectivity index (χ4n) is 2.44. The summed E-state index contributed by atoms with van der Waals surface area (Å²) in [6.45, 7) is 1.91. The van der Waals surface area contributed by atoms with Crippen LogP contribution in [-0.2, 0) is 0 Å². The van der Waals surface area contributed by atoms with Crippen LogP contribution in [0.1, 0.15) is 28.9 Å². The molecule has 1 atom stereocenters. The lowest BCUT2D eigenvalue weighted by molar-refractivity contribution is 0.0936. The van der Waals surface area contributed by atoms with Crippen molar-refractivity contribution < 1.29 is 19.0 Å². The molecule has 0 heterocycles. The predicted octanol–water partition coefficient (Wildman–Crippen LogP) is 3.20. The van der Waals surface area contributed by atoms with Gasteiger partial charge in [-0.25, -0.2) is 0 Å². The Labute approximate surface area is 136 Å². The first-order chi connectivity index (χ1) is 11.1. The Morgan fingerprint density at radius 3 is 2.22 bits per heavy atom. The number of amides is 1. The molecule has 5 heteroatoms. The molecule has 1 amide bonds. The van der Waals surface area contributed by atoms with Gasteiger partial charge in [0, 0.05) is 5.56 Å². The topological polar surface area (TPSA) is 56.8 Å². The maximum atomic E-state index is 12.6. The lowest BCUT2D eigenvalue weighted by atomic mass is 10.1. The lowest BCUT2D eigenvalue weighted by Gasteiger charge is -2.18. The summed E-state index contributed by atoms with van der Waals surface area (Å²) in [6.07, 6.45) is 0. The minimum Gasteiger partial charge on any atom is -0.496 e. The average molecular weight is 315 g/mol. The molecule has 0 bridgehead atoms. The number of methoxy groups -OCH3 is 3. The van der Waals surface area contributed by atoms with Crippen LogP contribution in [0.25, 0.3) is 0 Å². The van der Waals surface area contributed by atoms with Gasteiger partial charge in [-0.1, -0.05) is 24.3 Å². The van der Waals surface area contributed by atoms with Gasteiger partial charge in [-0.15, -0.1) is 0 Å². The maximum Gasteiger partial charge on any atom is 0.255 e. The number of benzene rings is 2. The molecule has 2 rings (SSSR count). The van der Waals surface area contributed by atoms with Crippen molar-refractivity contribution in [3.05, 3.63) is 53.6 Å². The maximum absolute atomic E-state index is 12.6. The highest BCUT2D eigenvalue weighted by Crippen LogP contribution is 2.31. The summed E-state index contributed by atoms with van der Waals surface area (Å²) in [5, 5.41) is 2.96. The zero-order chi connectivity index (χ0) is 16.8. The molecule has 0 radical (unpaired) electrons. The van der Waals surface area contributed by atoms with Crippen molar-refractivity contribution in [2.75, 3.05) is 21.3 Å². The number of carbonyl (C=O) groups is 1. The standard InChI is InChI=1S/C18H21NO4/c1-12(13-8-5-6-10-15(13)21-2)19-18(20)14-9-7-11-16(22-3)17(14)23-4/h5-12H,1-4H3,(H,19,20)/t12-/m0/s1. The van der Waals surface area contributed by atoms with Gasteiger partial charge in [0.05, 0.1) is 32.9 Å². The first-order valence-corrected chi connectivity index (χ1v) is 7.27. The molecule has 0 aliphatic carbocycles. The molecule has 0 fully saturated rings. The molecule has 122 valence electrons. The molecule has 0 aliphatic rings. The summed E-state index contributed by atoms with van der Waals surface area (Å²) >= 11 is 0. The van der Waals surface area contributed by atoms with Crippen molar-refractivity contribution in [1.29, 1.82) is 0 Å². The predicted molar refractivity (Wildman–Crippen MR) is 88.4 cm³/mol. The summed E-state index contributed by atoms with van der Waals surface area (Å²) in [6, 6.07) is 12.6. The lowest BCUT2D eigenvalue weighted by Crippen LogP contribution is -2.27. The zero-order valence-corrected chi connectivity index (χ0v) is 13.8. The minimum absolute atomic E-state index is 0.213. The van der Waals surface area contributed by atoms with E-state index in [4.69, 9.17) is 14.2 Å². The van der Waals surface area contributed by atoms with Gasteiger partial charge in [-0.05, 0) is 25.1 Å². The van der Waals surface area contributed by atoms with Crippen LogP contribution in [0.4, 0.5) is 0 Å². The third-order valence-electron chi connectivity index (χ3n) is 3.60. The minimum atomic E-state index is -0.237. The number of ether oxygens (including phenoxy) is 3. The molecule has 0 unspecified atom stereocenters. The van der Waals surface area contributed by atoms with E-state index in [1.807, 2.05) is 31.2 Å². The van der Waals surface area contributed by atoms with Gasteiger partial charge in [-0.2, -0.15) is 0 Å². The van der Waals surface area contributed by atoms with Gasteiger partial charge < -0.3 is 19.5 Å². The first kappa shape index (κ1) is 16.7. The number of carbonyl (C=O) groups excluding carboxylic acids is 1. The van der Waals surface area contributed by atoms with Gasteiger partial charge in [0.1, 0.15) is 5.75 Å². The van der Waals surface area contributed by atoms with E-state index >= 15 is 0 Å². The highest BCUT2D eigenvalue weighted by Gasteiger charge is 2.19. The van der Waals surface area contributed by atoms with Gasteiger partial charge in [0.25, 0.3) is 5.91 Å². The van der Waals surface area contributed by atoms with E-state index in [1.165, 1.54) is 14.2 Å². The number of hydrogen-bond donors (Lipinski definition) is 1. The molecule has 0 spiro atoms. The molecular weight excluding hydrogens is 294 g/mol. The van der Waals surface area contributed by atoms with Crippen LogP contribution in [0.15, 0.2) is 42.5 Å². The van der Waals surface area contributed by atoms with Crippen LogP contribution in [0.2, 0.25) is 0 Å². The van der Waals surface area contributed by atoms with E-state index in [-0.39, 0.29) is 11.9 Å². The molecule has 1 N–H and O–H groups in total. The van der Waals surface area contributed by atoms with E-state index in [9.17, 15) is 4.79 Å². The summed E-state index contributed by atoms with van der Waals surface area (Å²) in [5.41, 5.74) is 1.33. The summed E-state index contributed by atoms with van der Waals surface area (Å²) in [5.74, 6) is 1.43. The highest BCUT2D eigenvalue weighted by atomic mass is 16.5. The Hall–Kier alpha value is -2.69. The smallest absolute Gasteiger partial charge is 0.255 e. The third-order valence-corrected chi connectivity index (χ3v) is 3.60. The highest BCUT2D eigenvalue weighted by molar-refractivity contribution is 5.98. The van der Waals surface area contributed by atoms with Crippen molar-refractivity contribution in [2.24, 2.45) is 0 Å². The second-order valence-corrected chi connectivity index (χ2v) is 4.98. The van der Waals surface area contributed by atoms with Crippen LogP contribution in [0, 0.1) is 0 Å². The fourth-order valence-corrected chi connectivity index (χ4v) is 2.44. The van der Waals surface area contributed by atoms with Crippen molar-refractivity contribution in [3.63, 3.8) is 0 Å². The average Bonchev–Trinajstić information content (AvgIpc) is 2.60. The van der Waals surface area contributed by atoms with Gasteiger partial charge in [-0.3, -0.25) is 4.79 Å². The second kappa shape index (κ2) is 7.54. The zero-order valence-electron chi connectivity index (χ0n) is 13.8. The summed E-state index contributed by atoms with van der Waals surface area (Å²) in [4.78, 5) is 12.6. The molecule has 0 aromatic heterocycles. The van der Waals surface area contributed by atoms with Crippen LogP contribution >= 0.6 is 0 Å². The number of nitrogens with one attached hydrogen (secondary N) is 1. The molecule has 0 aliphatic heterocycles. The SMILES string of the molecule is COc1ccccc1[C@H](C)NC(=O)c1cccc(OC)c1OC. The Balaban J connectivity index is 2.25. The van der Waals surface area contributed by atoms with Crippen LogP contribution < -0.4 is 19.5 Å². The molecular formula is C18H21NO4. The molecule has 2 aromatic carbocycles. The van der Waals surface area contributed by atoms with Gasteiger partial charge in [0.15, 0.2) is 11.5 Å². The number of rotatable bonds is 6. The fraction of sp³-hybridized carbons (Fsp3) is 0.278. The molecule has 5 nitrogen and oxygen atoms in total. The Kier molecular flexibility index (Phi) is 5.46. The van der Waals surface area contributed by atoms with Crippen LogP contribution in [-0.4, -0.2) is 27.2 Å². The van der Waals surface area contributed by atoms with Crippen LogP contribution in [0.5, 0.6) is 17.2 Å². The summed E-state index contributed by atoms with van der Waals surface area (Å²) in [7, 11) is 4.66. The van der Waals surface area contributed by atoms with Crippen molar-refractivity contribution in [3.8, 4) is 17.2 Å². The quantitative estimate of drug-likeness (QED) is 0.889. The van der Waals surface area contributed by atoms with E-state index in [1.54, 1.807) is 25.3 Å². The largest absolute Gasteiger partial charge is 0.496 e. The van der Waals surface area contributed by atoms with Crippen molar-refractivity contribution >= 4 is 5.91 Å². The van der Waals surface area contributed by atoms with Crippen molar-refractivity contribution in [1.82, 2.24) is 5.32 Å². The van der Waals surface area contributed by atoms with E-state index in [0.29, 0.717) is 17.1 Å². The van der Waals surface area contributed by atoms with E-state index in [0.717, 1.165) is 11.3 Å². The number of para-hydroxylation sites is 2.